The van der Waals surface area contributed by atoms with E-state index < -0.39 is 17.7 Å². The van der Waals surface area contributed by atoms with Gasteiger partial charge in [-0.3, -0.25) is 14.6 Å². The molecule has 0 spiro atoms. The zero-order chi connectivity index (χ0) is 21.8. The van der Waals surface area contributed by atoms with E-state index in [1.165, 1.54) is 18.1 Å². The summed E-state index contributed by atoms with van der Waals surface area (Å²) in [6.07, 6.45) is 3.14. The van der Waals surface area contributed by atoms with Crippen molar-refractivity contribution in [3.05, 3.63) is 64.4 Å². The number of amides is 1. The topological polar surface area (TPSA) is 89.0 Å². The van der Waals surface area contributed by atoms with E-state index in [-0.39, 0.29) is 35.6 Å². The summed E-state index contributed by atoms with van der Waals surface area (Å²) in [5.41, 5.74) is 0.975. The van der Waals surface area contributed by atoms with Crippen molar-refractivity contribution >= 4 is 29.1 Å². The number of hydrogen-bond acceptors (Lipinski definition) is 6. The summed E-state index contributed by atoms with van der Waals surface area (Å²) in [4.78, 5) is 31.1. The quantitative estimate of drug-likeness (QED) is 0.410. The Hall–Kier alpha value is -2.90. The fourth-order valence-electron chi connectivity index (χ4n) is 3.36. The first-order valence-electron chi connectivity index (χ1n) is 9.49. The third-order valence-electron chi connectivity index (χ3n) is 4.77. The van der Waals surface area contributed by atoms with Crippen molar-refractivity contribution in [1.82, 2.24) is 9.88 Å². The number of carbonyl (C=O) groups is 2. The molecule has 0 bridgehead atoms. The van der Waals surface area contributed by atoms with Crippen LogP contribution in [0.3, 0.4) is 0 Å². The number of hydrogen-bond donors (Lipinski definition) is 1. The Morgan fingerprint density at radius 2 is 1.93 bits per heavy atom. The molecular weight excluding hydrogens is 408 g/mol. The summed E-state index contributed by atoms with van der Waals surface area (Å²) in [5, 5.41) is 11.3. The minimum Gasteiger partial charge on any atom is -0.507 e. The summed E-state index contributed by atoms with van der Waals surface area (Å²) in [6, 6.07) is 7.32. The van der Waals surface area contributed by atoms with E-state index in [0.29, 0.717) is 16.9 Å². The molecule has 1 amide bonds. The molecule has 8 heteroatoms. The predicted molar refractivity (Wildman–Crippen MR) is 112 cm³/mol. The molecule has 1 saturated heterocycles. The molecular formula is C22H23ClN2O5. The largest absolute Gasteiger partial charge is 0.507 e. The summed E-state index contributed by atoms with van der Waals surface area (Å²) < 4.78 is 10.7. The number of nitrogens with zero attached hydrogens (tertiary/aromatic N) is 2. The average Bonchev–Trinajstić information content (AvgIpc) is 2.98. The van der Waals surface area contributed by atoms with Gasteiger partial charge in [0, 0.05) is 24.5 Å². The molecule has 1 unspecified atom stereocenters. The van der Waals surface area contributed by atoms with Crippen LogP contribution in [0.25, 0.3) is 5.76 Å². The van der Waals surface area contributed by atoms with Gasteiger partial charge in [-0.25, -0.2) is 0 Å². The van der Waals surface area contributed by atoms with Gasteiger partial charge in [0.05, 0.1) is 36.5 Å². The number of benzene rings is 1. The maximum Gasteiger partial charge on any atom is 0.295 e. The van der Waals surface area contributed by atoms with Crippen molar-refractivity contribution in [3.8, 4) is 5.75 Å². The average molecular weight is 431 g/mol. The van der Waals surface area contributed by atoms with Crippen LogP contribution in [0.1, 0.15) is 31.0 Å². The Balaban J connectivity index is 2.08. The molecule has 1 aliphatic heterocycles. The number of methoxy groups -OCH3 is 1. The molecule has 1 N–H and O–H groups in total. The Morgan fingerprint density at radius 3 is 2.53 bits per heavy atom. The normalized spacial score (nSPS) is 18.3. The van der Waals surface area contributed by atoms with Crippen LogP contribution in [-0.4, -0.2) is 53.0 Å². The minimum atomic E-state index is -0.760. The number of likely N-dealkylation sites (tertiary alicyclic amines) is 1. The van der Waals surface area contributed by atoms with Gasteiger partial charge in [-0.1, -0.05) is 11.6 Å². The van der Waals surface area contributed by atoms with Crippen LogP contribution in [0.5, 0.6) is 5.75 Å². The van der Waals surface area contributed by atoms with Gasteiger partial charge in [0.2, 0.25) is 0 Å². The molecule has 2 heterocycles. The van der Waals surface area contributed by atoms with Crippen LogP contribution >= 0.6 is 11.6 Å². The predicted octanol–water partition coefficient (Wildman–Crippen LogP) is 3.59. The van der Waals surface area contributed by atoms with Gasteiger partial charge in [0.25, 0.3) is 11.7 Å². The standard InChI is InChI=1S/C22H23ClN2O5/c1-13(2)30-11-10-25-19(14-6-8-24-9-7-14)18(21(27)22(25)28)20(26)15-4-5-17(29-3)16(23)12-15/h4-9,12-13,19,26H,10-11H2,1-3H3/b20-18-. The number of ketones is 1. The Kier molecular flexibility index (Phi) is 6.74. The number of Topliss-reactive ketones (excluding diaryl/α,β-unsaturated/α-hetero) is 1. The molecule has 1 atom stereocenters. The molecule has 1 aromatic heterocycles. The first kappa shape index (κ1) is 21.8. The third-order valence-corrected chi connectivity index (χ3v) is 5.07. The number of aliphatic hydroxyl groups excluding tert-OH is 1. The first-order valence-corrected chi connectivity index (χ1v) is 9.86. The zero-order valence-corrected chi connectivity index (χ0v) is 17.7. The van der Waals surface area contributed by atoms with Gasteiger partial charge in [0.15, 0.2) is 0 Å². The second kappa shape index (κ2) is 9.28. The van der Waals surface area contributed by atoms with Crippen LogP contribution < -0.4 is 4.74 Å². The SMILES string of the molecule is COc1ccc(/C(O)=C2/C(=O)C(=O)N(CCOC(C)C)C2c2ccncc2)cc1Cl. The molecule has 30 heavy (non-hydrogen) atoms. The van der Waals surface area contributed by atoms with E-state index in [0.717, 1.165) is 0 Å². The first-order chi connectivity index (χ1) is 14.3. The number of rotatable bonds is 7. The van der Waals surface area contributed by atoms with E-state index in [9.17, 15) is 14.7 Å². The zero-order valence-electron chi connectivity index (χ0n) is 17.0. The van der Waals surface area contributed by atoms with Gasteiger partial charge in [-0.15, -0.1) is 0 Å². The van der Waals surface area contributed by atoms with E-state index in [2.05, 4.69) is 4.98 Å². The number of pyridine rings is 1. The highest BCUT2D eigenvalue weighted by Gasteiger charge is 2.45. The molecule has 0 aliphatic carbocycles. The van der Waals surface area contributed by atoms with Crippen LogP contribution in [0.15, 0.2) is 48.3 Å². The van der Waals surface area contributed by atoms with Crippen molar-refractivity contribution in [1.29, 1.82) is 0 Å². The van der Waals surface area contributed by atoms with Crippen LogP contribution in [0.4, 0.5) is 0 Å². The van der Waals surface area contributed by atoms with Crippen LogP contribution in [-0.2, 0) is 14.3 Å². The molecule has 158 valence electrons. The number of carbonyl (C=O) groups excluding carboxylic acids is 2. The molecule has 2 aromatic rings. The monoisotopic (exact) mass is 430 g/mol. The number of aromatic nitrogens is 1. The lowest BCUT2D eigenvalue weighted by atomic mass is 9.96. The van der Waals surface area contributed by atoms with Gasteiger partial charge >= 0.3 is 0 Å². The highest BCUT2D eigenvalue weighted by Crippen LogP contribution is 2.39. The Labute approximate surface area is 179 Å². The molecule has 1 aliphatic rings. The maximum atomic E-state index is 12.9. The van der Waals surface area contributed by atoms with E-state index in [1.54, 1.807) is 36.7 Å². The number of ether oxygens (including phenoxy) is 2. The lowest BCUT2D eigenvalue weighted by Gasteiger charge is -2.25. The van der Waals surface area contributed by atoms with Crippen molar-refractivity contribution in [2.75, 3.05) is 20.3 Å². The van der Waals surface area contributed by atoms with E-state index in [4.69, 9.17) is 21.1 Å². The molecule has 1 fully saturated rings. The summed E-state index contributed by atoms with van der Waals surface area (Å²) >= 11 is 6.18. The van der Waals surface area contributed by atoms with Crippen molar-refractivity contribution < 1.29 is 24.2 Å². The molecule has 7 nitrogen and oxygen atoms in total. The van der Waals surface area contributed by atoms with Gasteiger partial charge in [-0.2, -0.15) is 0 Å². The second-order valence-electron chi connectivity index (χ2n) is 7.04. The van der Waals surface area contributed by atoms with Crippen LogP contribution in [0, 0.1) is 0 Å². The molecule has 1 aromatic carbocycles. The number of halogens is 1. The molecule has 3 rings (SSSR count). The number of aliphatic hydroxyl groups is 1. The molecule has 0 radical (unpaired) electrons. The van der Waals surface area contributed by atoms with E-state index >= 15 is 0 Å². The smallest absolute Gasteiger partial charge is 0.295 e. The fraction of sp³-hybridized carbons (Fsp3) is 0.318. The maximum absolute atomic E-state index is 12.9. The lowest BCUT2D eigenvalue weighted by Crippen LogP contribution is -2.33. The summed E-state index contributed by atoms with van der Waals surface area (Å²) in [7, 11) is 1.48. The van der Waals surface area contributed by atoms with Crippen molar-refractivity contribution in [2.24, 2.45) is 0 Å². The van der Waals surface area contributed by atoms with Crippen molar-refractivity contribution in [3.63, 3.8) is 0 Å². The van der Waals surface area contributed by atoms with Gasteiger partial charge in [0.1, 0.15) is 11.5 Å². The van der Waals surface area contributed by atoms with Gasteiger partial charge in [-0.05, 0) is 49.7 Å². The Morgan fingerprint density at radius 1 is 1.23 bits per heavy atom. The third kappa shape index (κ3) is 4.32. The van der Waals surface area contributed by atoms with Gasteiger partial charge < -0.3 is 19.5 Å². The summed E-state index contributed by atoms with van der Waals surface area (Å²) in [6.45, 7) is 4.25. The highest BCUT2D eigenvalue weighted by atomic mass is 35.5. The summed E-state index contributed by atoms with van der Waals surface area (Å²) in [5.74, 6) is -1.31. The Bertz CT molecular complexity index is 975. The van der Waals surface area contributed by atoms with E-state index in [1.807, 2.05) is 13.8 Å². The highest BCUT2D eigenvalue weighted by molar-refractivity contribution is 6.46. The fourth-order valence-corrected chi connectivity index (χ4v) is 3.62. The minimum absolute atomic E-state index is 0.00280. The van der Waals surface area contributed by atoms with Crippen LogP contribution in [0.2, 0.25) is 5.02 Å². The second-order valence-corrected chi connectivity index (χ2v) is 7.45. The molecule has 0 saturated carbocycles. The van der Waals surface area contributed by atoms with Crippen molar-refractivity contribution in [2.45, 2.75) is 26.0 Å². The lowest BCUT2D eigenvalue weighted by molar-refractivity contribution is -0.140.